The van der Waals surface area contributed by atoms with E-state index in [1.807, 2.05) is 12.1 Å². The summed E-state index contributed by atoms with van der Waals surface area (Å²) in [6, 6.07) is 20.0. The summed E-state index contributed by atoms with van der Waals surface area (Å²) in [6.07, 6.45) is 1.45. The van der Waals surface area contributed by atoms with Crippen LogP contribution in [0.2, 0.25) is 0 Å². The summed E-state index contributed by atoms with van der Waals surface area (Å²) < 4.78 is 26.7. The molecule has 8 nitrogen and oxygen atoms in total. The Morgan fingerprint density at radius 2 is 1.84 bits per heavy atom. The van der Waals surface area contributed by atoms with E-state index in [9.17, 15) is 14.3 Å². The van der Waals surface area contributed by atoms with Gasteiger partial charge in [0.2, 0.25) is 0 Å². The molecule has 2 N–H and O–H groups in total. The molecule has 0 saturated heterocycles. The van der Waals surface area contributed by atoms with Crippen molar-refractivity contribution >= 4 is 22.7 Å². The van der Waals surface area contributed by atoms with E-state index in [2.05, 4.69) is 38.9 Å². The first-order chi connectivity index (χ1) is 18.4. The highest BCUT2D eigenvalue weighted by Gasteiger charge is 2.15. The molecule has 3 aromatic carbocycles. The second-order valence-electron chi connectivity index (χ2n) is 8.62. The highest BCUT2D eigenvalue weighted by atomic mass is 19.1. The van der Waals surface area contributed by atoms with Crippen LogP contribution in [0.25, 0.3) is 22.2 Å². The van der Waals surface area contributed by atoms with Gasteiger partial charge in [-0.1, -0.05) is 12.1 Å². The summed E-state index contributed by atoms with van der Waals surface area (Å²) in [5.74, 6) is 0.371. The molecule has 2 aromatic heterocycles. The maximum Gasteiger partial charge on any atom is 0.339 e. The molecule has 192 valence electrons. The van der Waals surface area contributed by atoms with Crippen molar-refractivity contribution in [3.8, 4) is 28.5 Å². The Morgan fingerprint density at radius 3 is 2.61 bits per heavy atom. The molecule has 0 bridgehead atoms. The Labute approximate surface area is 218 Å². The zero-order valence-corrected chi connectivity index (χ0v) is 20.8. The molecule has 0 aliphatic carbocycles. The molecule has 0 unspecified atom stereocenters. The third-order valence-corrected chi connectivity index (χ3v) is 6.19. The first kappa shape index (κ1) is 24.8. The van der Waals surface area contributed by atoms with Gasteiger partial charge in [-0.05, 0) is 61.5 Å². The third-order valence-electron chi connectivity index (χ3n) is 6.19. The van der Waals surface area contributed by atoms with Crippen LogP contribution in [-0.4, -0.2) is 39.3 Å². The first-order valence-corrected chi connectivity index (χ1v) is 11.9. The number of rotatable bonds is 9. The zero-order chi connectivity index (χ0) is 26.6. The summed E-state index contributed by atoms with van der Waals surface area (Å²) in [5, 5.41) is 14.0. The van der Waals surface area contributed by atoms with Gasteiger partial charge in [-0.2, -0.15) is 0 Å². The second kappa shape index (κ2) is 10.6. The number of methoxy groups -OCH3 is 1. The summed E-state index contributed by atoms with van der Waals surface area (Å²) in [5.41, 5.74) is 3.45. The minimum Gasteiger partial charge on any atom is -0.496 e. The molecule has 0 amide bonds. The monoisotopic (exact) mass is 512 g/mol. The van der Waals surface area contributed by atoms with Crippen molar-refractivity contribution in [1.29, 1.82) is 0 Å². The molecule has 0 fully saturated rings. The number of anilines is 1. The fourth-order valence-corrected chi connectivity index (χ4v) is 4.34. The maximum absolute atomic E-state index is 13.3. The van der Waals surface area contributed by atoms with Gasteiger partial charge in [0.25, 0.3) is 0 Å². The van der Waals surface area contributed by atoms with Crippen molar-refractivity contribution in [1.82, 2.24) is 14.5 Å². The van der Waals surface area contributed by atoms with Crippen LogP contribution in [0, 0.1) is 12.7 Å². The second-order valence-corrected chi connectivity index (χ2v) is 8.62. The van der Waals surface area contributed by atoms with Crippen molar-refractivity contribution < 1.29 is 23.8 Å². The standard InChI is InChI=1S/C29H25FN4O4/c1-18-14-23-25(4-3-5-26(23)37-2)34(18)13-12-31-28-16-24(32-17-33-28)19-6-11-22(29(35)36)27(15-19)38-21-9-7-20(30)8-10-21/h3-11,14-17H,12-13H2,1-2H3,(H,35,36)(H,31,32,33). The molecule has 38 heavy (non-hydrogen) atoms. The van der Waals surface area contributed by atoms with E-state index < -0.39 is 11.8 Å². The topological polar surface area (TPSA) is 98.5 Å². The largest absolute Gasteiger partial charge is 0.496 e. The van der Waals surface area contributed by atoms with Crippen LogP contribution in [-0.2, 0) is 6.54 Å². The zero-order valence-electron chi connectivity index (χ0n) is 20.8. The lowest BCUT2D eigenvalue weighted by atomic mass is 10.1. The number of halogens is 1. The number of aryl methyl sites for hydroxylation is 1. The van der Waals surface area contributed by atoms with E-state index in [0.717, 1.165) is 22.3 Å². The molecule has 0 aliphatic rings. The van der Waals surface area contributed by atoms with Crippen molar-refractivity contribution in [2.24, 2.45) is 0 Å². The number of carboxylic acids is 1. The Morgan fingerprint density at radius 1 is 1.03 bits per heavy atom. The van der Waals surface area contributed by atoms with E-state index >= 15 is 0 Å². The van der Waals surface area contributed by atoms with Crippen LogP contribution in [0.15, 0.2) is 79.1 Å². The Kier molecular flexibility index (Phi) is 6.90. The number of benzene rings is 3. The molecule has 5 aromatic rings. The Balaban J connectivity index is 1.34. The Hall–Kier alpha value is -4.92. The number of carboxylic acid groups (broad SMARTS) is 1. The van der Waals surface area contributed by atoms with Crippen molar-refractivity contribution in [2.45, 2.75) is 13.5 Å². The van der Waals surface area contributed by atoms with Gasteiger partial charge in [0.15, 0.2) is 0 Å². The van der Waals surface area contributed by atoms with Crippen molar-refractivity contribution in [3.05, 3.63) is 96.2 Å². The highest BCUT2D eigenvalue weighted by molar-refractivity contribution is 5.92. The van der Waals surface area contributed by atoms with Gasteiger partial charge in [-0.15, -0.1) is 0 Å². The van der Waals surface area contributed by atoms with Gasteiger partial charge in [0.05, 0.1) is 18.3 Å². The van der Waals surface area contributed by atoms with E-state index in [1.54, 1.807) is 25.3 Å². The quantitative estimate of drug-likeness (QED) is 0.244. The minimum atomic E-state index is -1.14. The number of aromatic nitrogens is 3. The van der Waals surface area contributed by atoms with Gasteiger partial charge < -0.3 is 24.5 Å². The molecule has 0 spiro atoms. The molecule has 0 radical (unpaired) electrons. The van der Waals surface area contributed by atoms with Crippen LogP contribution in [0.5, 0.6) is 17.2 Å². The number of fused-ring (bicyclic) bond motifs is 1. The first-order valence-electron chi connectivity index (χ1n) is 11.9. The minimum absolute atomic E-state index is 0.0172. The molecular weight excluding hydrogens is 487 g/mol. The predicted octanol–water partition coefficient (Wildman–Crippen LogP) is 6.16. The maximum atomic E-state index is 13.3. The van der Waals surface area contributed by atoms with Crippen LogP contribution in [0.3, 0.4) is 0 Å². The van der Waals surface area contributed by atoms with E-state index in [1.165, 1.54) is 36.7 Å². The molecule has 2 heterocycles. The van der Waals surface area contributed by atoms with Crippen molar-refractivity contribution in [2.75, 3.05) is 19.0 Å². The van der Waals surface area contributed by atoms with Crippen LogP contribution in [0.1, 0.15) is 16.1 Å². The normalized spacial score (nSPS) is 10.9. The number of ether oxygens (including phenoxy) is 2. The fourth-order valence-electron chi connectivity index (χ4n) is 4.34. The third kappa shape index (κ3) is 5.12. The predicted molar refractivity (Wildman–Crippen MR) is 143 cm³/mol. The van der Waals surface area contributed by atoms with Crippen LogP contribution in [0.4, 0.5) is 10.2 Å². The molecular formula is C29H25FN4O4. The van der Waals surface area contributed by atoms with E-state index in [0.29, 0.717) is 35.9 Å². The van der Waals surface area contributed by atoms with Gasteiger partial charge >= 0.3 is 5.97 Å². The number of nitrogens with zero attached hydrogens (tertiary/aromatic N) is 3. The lowest BCUT2D eigenvalue weighted by Crippen LogP contribution is -2.12. The average molecular weight is 513 g/mol. The summed E-state index contributed by atoms with van der Waals surface area (Å²) >= 11 is 0. The molecule has 0 atom stereocenters. The molecule has 5 rings (SSSR count). The van der Waals surface area contributed by atoms with Crippen LogP contribution < -0.4 is 14.8 Å². The summed E-state index contributed by atoms with van der Waals surface area (Å²) in [4.78, 5) is 20.4. The number of carbonyl (C=O) groups is 1. The van der Waals surface area contributed by atoms with Gasteiger partial charge in [-0.25, -0.2) is 19.2 Å². The highest BCUT2D eigenvalue weighted by Crippen LogP contribution is 2.31. The Bertz CT molecular complexity index is 1620. The average Bonchev–Trinajstić information content (AvgIpc) is 3.25. The van der Waals surface area contributed by atoms with Crippen LogP contribution >= 0.6 is 0 Å². The van der Waals surface area contributed by atoms with Gasteiger partial charge in [-0.3, -0.25) is 0 Å². The van der Waals surface area contributed by atoms with Crippen molar-refractivity contribution in [3.63, 3.8) is 0 Å². The lowest BCUT2D eigenvalue weighted by Gasteiger charge is -2.12. The molecule has 9 heteroatoms. The number of aromatic carboxylic acids is 1. The SMILES string of the molecule is COc1cccc2c1cc(C)n2CCNc1cc(-c2ccc(C(=O)O)c(Oc3ccc(F)cc3)c2)ncn1. The lowest BCUT2D eigenvalue weighted by molar-refractivity contribution is 0.0694. The summed E-state index contributed by atoms with van der Waals surface area (Å²) in [7, 11) is 1.67. The fraction of sp³-hybridized carbons (Fsp3) is 0.138. The number of hydrogen-bond acceptors (Lipinski definition) is 6. The summed E-state index contributed by atoms with van der Waals surface area (Å²) in [6.45, 7) is 3.40. The molecule has 0 saturated carbocycles. The molecule has 0 aliphatic heterocycles. The van der Waals surface area contributed by atoms with Gasteiger partial charge in [0.1, 0.15) is 40.8 Å². The van der Waals surface area contributed by atoms with E-state index in [-0.39, 0.29) is 11.3 Å². The number of hydrogen-bond donors (Lipinski definition) is 2. The van der Waals surface area contributed by atoms with E-state index in [4.69, 9.17) is 9.47 Å². The number of nitrogens with one attached hydrogen (secondary N) is 1. The van der Waals surface area contributed by atoms with Gasteiger partial charge in [0, 0.05) is 35.8 Å². The smallest absolute Gasteiger partial charge is 0.339 e.